The summed E-state index contributed by atoms with van der Waals surface area (Å²) in [6.07, 6.45) is 0.737. The van der Waals surface area contributed by atoms with Crippen molar-refractivity contribution in [2.75, 3.05) is 11.9 Å². The van der Waals surface area contributed by atoms with Crippen LogP contribution in [-0.4, -0.2) is 35.0 Å². The van der Waals surface area contributed by atoms with Crippen molar-refractivity contribution >= 4 is 17.7 Å². The smallest absolute Gasteiger partial charge is 0.412 e. The Labute approximate surface area is 173 Å². The average Bonchev–Trinajstić information content (AvgIpc) is 2.71. The maximum atomic E-state index is 13.9. The first-order chi connectivity index (χ1) is 14.4. The minimum absolute atomic E-state index is 0.300. The molecule has 160 valence electrons. The van der Waals surface area contributed by atoms with Gasteiger partial charge in [-0.1, -0.05) is 30.3 Å². The molecule has 0 aliphatic carbocycles. The van der Waals surface area contributed by atoms with Gasteiger partial charge in [-0.2, -0.15) is 0 Å². The summed E-state index contributed by atoms with van der Waals surface area (Å²) in [5.74, 6) is -2.45. The Hall–Kier alpha value is -3.39. The number of carbonyl (C=O) groups excluding carboxylic acids is 1. The summed E-state index contributed by atoms with van der Waals surface area (Å²) in [5.41, 5.74) is 0.824. The van der Waals surface area contributed by atoms with Crippen LogP contribution in [0.15, 0.2) is 60.7 Å². The SMILES string of the molecule is CCO[C@H](CC/C=C/C(=O)O)[C@H](OC(=O)Nc1ccccc1)c1ccc(O)c(F)c1. The van der Waals surface area contributed by atoms with E-state index in [1.165, 1.54) is 18.2 Å². The zero-order valence-corrected chi connectivity index (χ0v) is 16.5. The summed E-state index contributed by atoms with van der Waals surface area (Å²) in [4.78, 5) is 23.1. The van der Waals surface area contributed by atoms with E-state index in [0.29, 0.717) is 30.7 Å². The van der Waals surface area contributed by atoms with Gasteiger partial charge < -0.3 is 19.7 Å². The fraction of sp³-hybridized carbons (Fsp3) is 0.273. The molecule has 0 radical (unpaired) electrons. The van der Waals surface area contributed by atoms with Crippen molar-refractivity contribution in [1.82, 2.24) is 0 Å². The average molecular weight is 417 g/mol. The number of ether oxygens (including phenoxy) is 2. The van der Waals surface area contributed by atoms with Crippen LogP contribution in [0.5, 0.6) is 5.75 Å². The molecule has 0 bridgehead atoms. The number of aromatic hydroxyl groups is 1. The molecule has 0 saturated heterocycles. The minimum atomic E-state index is -1.07. The molecular weight excluding hydrogens is 393 g/mol. The van der Waals surface area contributed by atoms with E-state index in [9.17, 15) is 19.1 Å². The second-order valence-corrected chi connectivity index (χ2v) is 6.34. The van der Waals surface area contributed by atoms with Crippen molar-refractivity contribution in [3.8, 4) is 5.75 Å². The highest BCUT2D eigenvalue weighted by molar-refractivity contribution is 5.84. The van der Waals surface area contributed by atoms with Crippen LogP contribution in [-0.2, 0) is 14.3 Å². The van der Waals surface area contributed by atoms with Gasteiger partial charge in [0, 0.05) is 18.4 Å². The number of halogens is 1. The summed E-state index contributed by atoms with van der Waals surface area (Å²) >= 11 is 0. The number of allylic oxidation sites excluding steroid dienone is 1. The zero-order valence-electron chi connectivity index (χ0n) is 16.5. The number of benzene rings is 2. The molecule has 2 rings (SSSR count). The summed E-state index contributed by atoms with van der Waals surface area (Å²) in [6.45, 7) is 2.06. The number of anilines is 1. The lowest BCUT2D eigenvalue weighted by molar-refractivity contribution is -0.131. The Balaban J connectivity index is 2.24. The van der Waals surface area contributed by atoms with Gasteiger partial charge in [-0.25, -0.2) is 14.0 Å². The Morgan fingerprint density at radius 3 is 2.57 bits per heavy atom. The normalized spacial score (nSPS) is 13.0. The molecule has 30 heavy (non-hydrogen) atoms. The zero-order chi connectivity index (χ0) is 21.9. The molecular formula is C22H24FNO6. The first kappa shape index (κ1) is 22.9. The van der Waals surface area contributed by atoms with Gasteiger partial charge in [-0.15, -0.1) is 0 Å². The van der Waals surface area contributed by atoms with Crippen LogP contribution in [0.1, 0.15) is 31.4 Å². The van der Waals surface area contributed by atoms with Crippen LogP contribution in [0.4, 0.5) is 14.9 Å². The summed E-state index contributed by atoms with van der Waals surface area (Å²) in [6, 6.07) is 12.4. The van der Waals surface area contributed by atoms with Gasteiger partial charge in [0.25, 0.3) is 0 Å². The molecule has 2 atom stereocenters. The predicted molar refractivity (Wildman–Crippen MR) is 109 cm³/mol. The van der Waals surface area contributed by atoms with E-state index < -0.39 is 35.8 Å². The number of hydrogen-bond acceptors (Lipinski definition) is 5. The Morgan fingerprint density at radius 2 is 1.93 bits per heavy atom. The van der Waals surface area contributed by atoms with E-state index >= 15 is 0 Å². The molecule has 0 aromatic heterocycles. The number of phenolic OH excluding ortho intramolecular Hbond substituents is 1. The second kappa shape index (κ2) is 11.6. The number of nitrogens with one attached hydrogen (secondary N) is 1. The minimum Gasteiger partial charge on any atom is -0.505 e. The lowest BCUT2D eigenvalue weighted by Gasteiger charge is -2.27. The summed E-state index contributed by atoms with van der Waals surface area (Å²) in [7, 11) is 0. The molecule has 0 unspecified atom stereocenters. The van der Waals surface area contributed by atoms with Crippen LogP contribution in [0.2, 0.25) is 0 Å². The summed E-state index contributed by atoms with van der Waals surface area (Å²) in [5, 5.41) is 20.8. The summed E-state index contributed by atoms with van der Waals surface area (Å²) < 4.78 is 25.2. The van der Waals surface area contributed by atoms with Crippen molar-refractivity contribution in [2.45, 2.75) is 32.0 Å². The molecule has 2 aromatic rings. The molecule has 0 saturated carbocycles. The number of phenols is 1. The lowest BCUT2D eigenvalue weighted by Crippen LogP contribution is -2.29. The molecule has 8 heteroatoms. The first-order valence-corrected chi connectivity index (χ1v) is 9.42. The maximum Gasteiger partial charge on any atom is 0.412 e. The fourth-order valence-corrected chi connectivity index (χ4v) is 2.82. The Kier molecular flexibility index (Phi) is 8.83. The van der Waals surface area contributed by atoms with Gasteiger partial charge in [0.05, 0.1) is 6.10 Å². The lowest BCUT2D eigenvalue weighted by atomic mass is 9.99. The molecule has 0 aliphatic heterocycles. The quantitative estimate of drug-likeness (QED) is 0.486. The third-order valence-corrected chi connectivity index (χ3v) is 4.15. The van der Waals surface area contributed by atoms with Crippen molar-refractivity contribution in [2.24, 2.45) is 0 Å². The highest BCUT2D eigenvalue weighted by atomic mass is 19.1. The van der Waals surface area contributed by atoms with E-state index in [0.717, 1.165) is 12.1 Å². The number of amides is 1. The van der Waals surface area contributed by atoms with Crippen LogP contribution in [0, 0.1) is 5.82 Å². The van der Waals surface area contributed by atoms with Crippen molar-refractivity contribution in [3.05, 3.63) is 72.1 Å². The van der Waals surface area contributed by atoms with Gasteiger partial charge in [-0.3, -0.25) is 5.32 Å². The number of aliphatic carboxylic acids is 1. The first-order valence-electron chi connectivity index (χ1n) is 9.42. The molecule has 2 aromatic carbocycles. The highest BCUT2D eigenvalue weighted by Gasteiger charge is 2.28. The molecule has 1 amide bonds. The van der Waals surface area contributed by atoms with Crippen molar-refractivity contribution in [3.63, 3.8) is 0 Å². The van der Waals surface area contributed by atoms with Crippen LogP contribution in [0.25, 0.3) is 0 Å². The number of para-hydroxylation sites is 1. The fourth-order valence-electron chi connectivity index (χ4n) is 2.82. The van der Waals surface area contributed by atoms with E-state index in [2.05, 4.69) is 5.32 Å². The van der Waals surface area contributed by atoms with Gasteiger partial charge >= 0.3 is 12.1 Å². The Bertz CT molecular complexity index is 871. The molecule has 7 nitrogen and oxygen atoms in total. The monoisotopic (exact) mass is 417 g/mol. The predicted octanol–water partition coefficient (Wildman–Crippen LogP) is 4.65. The van der Waals surface area contributed by atoms with Crippen LogP contribution in [0.3, 0.4) is 0 Å². The van der Waals surface area contributed by atoms with Gasteiger partial charge in [-0.05, 0) is 49.6 Å². The number of carboxylic acid groups (broad SMARTS) is 1. The Morgan fingerprint density at radius 1 is 1.20 bits per heavy atom. The number of carbonyl (C=O) groups is 2. The third kappa shape index (κ3) is 7.21. The van der Waals surface area contributed by atoms with Crippen LogP contribution >= 0.6 is 0 Å². The van der Waals surface area contributed by atoms with E-state index in [4.69, 9.17) is 14.6 Å². The molecule has 0 aliphatic rings. The van der Waals surface area contributed by atoms with E-state index in [-0.39, 0.29) is 0 Å². The standard InChI is InChI=1S/C22H24FNO6/c1-2-29-19(10-6-7-11-20(26)27)21(15-12-13-18(25)17(23)14-15)30-22(28)24-16-8-4-3-5-9-16/h3-5,7-9,11-14,19,21,25H,2,6,10H2,1H3,(H,24,28)(H,26,27)/b11-7+/t19-,21-/m1/s1. The maximum absolute atomic E-state index is 13.9. The van der Waals surface area contributed by atoms with E-state index in [1.807, 2.05) is 0 Å². The molecule has 0 heterocycles. The topological polar surface area (TPSA) is 105 Å². The van der Waals surface area contributed by atoms with Crippen molar-refractivity contribution in [1.29, 1.82) is 0 Å². The van der Waals surface area contributed by atoms with Gasteiger partial charge in [0.15, 0.2) is 17.7 Å². The second-order valence-electron chi connectivity index (χ2n) is 6.34. The largest absolute Gasteiger partial charge is 0.505 e. The number of rotatable bonds is 10. The van der Waals surface area contributed by atoms with Gasteiger partial charge in [0.1, 0.15) is 0 Å². The molecule has 3 N–H and O–H groups in total. The molecule has 0 spiro atoms. The molecule has 0 fully saturated rings. The van der Waals surface area contributed by atoms with Crippen molar-refractivity contribution < 1.29 is 33.7 Å². The third-order valence-electron chi connectivity index (χ3n) is 4.15. The van der Waals surface area contributed by atoms with Crippen LogP contribution < -0.4 is 5.32 Å². The van der Waals surface area contributed by atoms with Gasteiger partial charge in [0.2, 0.25) is 0 Å². The number of hydrogen-bond donors (Lipinski definition) is 3. The highest BCUT2D eigenvalue weighted by Crippen LogP contribution is 2.30. The van der Waals surface area contributed by atoms with E-state index in [1.54, 1.807) is 37.3 Å². The number of carboxylic acids is 1.